The smallest absolute Gasteiger partial charge is 0.167 e. The van der Waals surface area contributed by atoms with Crippen molar-refractivity contribution in [3.8, 4) is 0 Å². The van der Waals surface area contributed by atoms with Crippen molar-refractivity contribution in [3.05, 3.63) is 0 Å². The minimum Gasteiger partial charge on any atom is -0.365 e. The molecule has 0 spiro atoms. The van der Waals surface area contributed by atoms with Crippen molar-refractivity contribution >= 4 is 0 Å². The topological polar surface area (TPSA) is 40.5 Å². The van der Waals surface area contributed by atoms with E-state index in [-0.39, 0.29) is 5.41 Å². The molecule has 2 heteroatoms. The van der Waals surface area contributed by atoms with Crippen molar-refractivity contribution in [2.24, 2.45) is 5.41 Å². The molecule has 1 unspecified atom stereocenters. The van der Waals surface area contributed by atoms with Crippen LogP contribution in [-0.4, -0.2) is 16.0 Å². The summed E-state index contributed by atoms with van der Waals surface area (Å²) in [6, 6.07) is 0. The van der Waals surface area contributed by atoms with Crippen LogP contribution in [-0.2, 0) is 0 Å². The van der Waals surface area contributed by atoms with Gasteiger partial charge < -0.3 is 10.2 Å². The molecule has 0 rings (SSSR count). The van der Waals surface area contributed by atoms with Crippen LogP contribution in [0.3, 0.4) is 0 Å². The van der Waals surface area contributed by atoms with Crippen molar-refractivity contribution < 1.29 is 10.2 Å². The lowest BCUT2D eigenvalue weighted by Crippen LogP contribution is -2.45. The molecule has 0 amide bonds. The minimum absolute atomic E-state index is 0.349. The Morgan fingerprint density at radius 2 is 1.54 bits per heavy atom. The summed E-state index contributed by atoms with van der Waals surface area (Å²) >= 11 is 0. The van der Waals surface area contributed by atoms with Gasteiger partial charge in [-0.1, -0.05) is 40.5 Å². The Bertz CT molecular complexity index is 143. The van der Waals surface area contributed by atoms with Crippen molar-refractivity contribution in [1.82, 2.24) is 0 Å². The molecule has 0 saturated heterocycles. The fraction of sp³-hybridized carbons (Fsp3) is 1.00. The van der Waals surface area contributed by atoms with Crippen LogP contribution in [0.2, 0.25) is 0 Å². The number of hydrogen-bond donors (Lipinski definition) is 2. The second-order valence-electron chi connectivity index (χ2n) is 4.19. The molecular formula is C11H24O2. The molecule has 13 heavy (non-hydrogen) atoms. The van der Waals surface area contributed by atoms with Gasteiger partial charge in [-0.15, -0.1) is 0 Å². The van der Waals surface area contributed by atoms with E-state index in [0.717, 1.165) is 25.7 Å². The SMILES string of the molecule is CCCCC(C)(CC)C(O)(O)CC. The second kappa shape index (κ2) is 4.97. The first kappa shape index (κ1) is 12.9. The van der Waals surface area contributed by atoms with Gasteiger partial charge in [0.1, 0.15) is 0 Å². The van der Waals surface area contributed by atoms with Crippen molar-refractivity contribution in [1.29, 1.82) is 0 Å². The quantitative estimate of drug-likeness (QED) is 0.629. The summed E-state index contributed by atoms with van der Waals surface area (Å²) in [6.45, 7) is 7.93. The Morgan fingerprint density at radius 3 is 1.85 bits per heavy atom. The Balaban J connectivity index is 4.42. The summed E-state index contributed by atoms with van der Waals surface area (Å²) < 4.78 is 0. The highest BCUT2D eigenvalue weighted by molar-refractivity contribution is 4.85. The first-order valence-corrected chi connectivity index (χ1v) is 5.38. The highest BCUT2D eigenvalue weighted by atomic mass is 16.5. The third-order valence-corrected chi connectivity index (χ3v) is 3.32. The highest BCUT2D eigenvalue weighted by Gasteiger charge is 2.41. The maximum Gasteiger partial charge on any atom is 0.167 e. The van der Waals surface area contributed by atoms with Crippen LogP contribution in [0.25, 0.3) is 0 Å². The molecule has 0 fully saturated rings. The Labute approximate surface area is 82.0 Å². The minimum atomic E-state index is -1.50. The summed E-state index contributed by atoms with van der Waals surface area (Å²) in [6.07, 6.45) is 4.28. The molecule has 2 nitrogen and oxygen atoms in total. The lowest BCUT2D eigenvalue weighted by atomic mass is 9.73. The maximum atomic E-state index is 9.82. The Morgan fingerprint density at radius 1 is 1.00 bits per heavy atom. The maximum absolute atomic E-state index is 9.82. The van der Waals surface area contributed by atoms with E-state index >= 15 is 0 Å². The van der Waals surface area contributed by atoms with Gasteiger partial charge in [-0.25, -0.2) is 0 Å². The predicted molar refractivity (Wildman–Crippen MR) is 55.4 cm³/mol. The van der Waals surface area contributed by atoms with Gasteiger partial charge >= 0.3 is 0 Å². The van der Waals surface area contributed by atoms with Crippen LogP contribution in [0.15, 0.2) is 0 Å². The monoisotopic (exact) mass is 188 g/mol. The third-order valence-electron chi connectivity index (χ3n) is 3.32. The van der Waals surface area contributed by atoms with Crippen LogP contribution in [0.4, 0.5) is 0 Å². The van der Waals surface area contributed by atoms with Gasteiger partial charge in [-0.2, -0.15) is 0 Å². The zero-order chi connectivity index (χ0) is 10.5. The molecule has 1 atom stereocenters. The van der Waals surface area contributed by atoms with Crippen LogP contribution >= 0.6 is 0 Å². The molecule has 0 saturated carbocycles. The van der Waals surface area contributed by atoms with Crippen molar-refractivity contribution in [2.45, 2.75) is 65.6 Å². The van der Waals surface area contributed by atoms with Crippen molar-refractivity contribution in [3.63, 3.8) is 0 Å². The molecule has 0 aliphatic carbocycles. The Kier molecular flexibility index (Phi) is 4.93. The van der Waals surface area contributed by atoms with E-state index in [1.54, 1.807) is 0 Å². The normalized spacial score (nSPS) is 17.1. The third kappa shape index (κ3) is 2.96. The molecule has 0 aliphatic rings. The zero-order valence-electron chi connectivity index (χ0n) is 9.43. The largest absolute Gasteiger partial charge is 0.365 e. The lowest BCUT2D eigenvalue weighted by Gasteiger charge is -2.40. The van der Waals surface area contributed by atoms with Gasteiger partial charge in [0.2, 0.25) is 0 Å². The average molecular weight is 188 g/mol. The first-order valence-electron chi connectivity index (χ1n) is 5.38. The molecule has 0 bridgehead atoms. The summed E-state index contributed by atoms with van der Waals surface area (Å²) in [5.41, 5.74) is -0.349. The number of unbranched alkanes of at least 4 members (excludes halogenated alkanes) is 1. The highest BCUT2D eigenvalue weighted by Crippen LogP contribution is 2.39. The fourth-order valence-electron chi connectivity index (χ4n) is 1.65. The summed E-state index contributed by atoms with van der Waals surface area (Å²) in [5.74, 6) is -1.50. The molecular weight excluding hydrogens is 164 g/mol. The fourth-order valence-corrected chi connectivity index (χ4v) is 1.65. The van der Waals surface area contributed by atoms with Crippen LogP contribution < -0.4 is 0 Å². The lowest BCUT2D eigenvalue weighted by molar-refractivity contribution is -0.243. The van der Waals surface area contributed by atoms with E-state index in [1.807, 2.05) is 20.8 Å². The predicted octanol–water partition coefficient (Wildman–Crippen LogP) is 2.68. The summed E-state index contributed by atoms with van der Waals surface area (Å²) in [5, 5.41) is 19.6. The van der Waals surface area contributed by atoms with Crippen molar-refractivity contribution in [2.75, 3.05) is 0 Å². The van der Waals surface area contributed by atoms with Crippen LogP contribution in [0.1, 0.15) is 59.8 Å². The molecule has 0 aliphatic heterocycles. The van der Waals surface area contributed by atoms with Crippen LogP contribution in [0.5, 0.6) is 0 Å². The van der Waals surface area contributed by atoms with E-state index in [1.165, 1.54) is 0 Å². The van der Waals surface area contributed by atoms with Gasteiger partial charge in [-0.05, 0) is 19.3 Å². The number of rotatable bonds is 6. The molecule has 80 valence electrons. The molecule has 0 radical (unpaired) electrons. The number of hydrogen-bond acceptors (Lipinski definition) is 2. The van der Waals surface area contributed by atoms with Gasteiger partial charge in [0.15, 0.2) is 5.79 Å². The van der Waals surface area contributed by atoms with E-state index in [4.69, 9.17) is 0 Å². The molecule has 2 N–H and O–H groups in total. The van der Waals surface area contributed by atoms with E-state index in [2.05, 4.69) is 6.92 Å². The zero-order valence-corrected chi connectivity index (χ0v) is 9.43. The number of aliphatic hydroxyl groups is 2. The van der Waals surface area contributed by atoms with Gasteiger partial charge in [0.05, 0.1) is 0 Å². The van der Waals surface area contributed by atoms with Gasteiger partial charge in [0, 0.05) is 5.41 Å². The molecule has 0 aromatic heterocycles. The standard InChI is InChI=1S/C11H24O2/c1-5-8-9-10(4,6-2)11(12,13)7-3/h12-13H,5-9H2,1-4H3. The van der Waals surface area contributed by atoms with Gasteiger partial charge in [0.25, 0.3) is 0 Å². The van der Waals surface area contributed by atoms with E-state index < -0.39 is 5.79 Å². The summed E-state index contributed by atoms with van der Waals surface area (Å²) in [7, 11) is 0. The summed E-state index contributed by atoms with van der Waals surface area (Å²) in [4.78, 5) is 0. The Hall–Kier alpha value is -0.0800. The van der Waals surface area contributed by atoms with E-state index in [0.29, 0.717) is 6.42 Å². The van der Waals surface area contributed by atoms with Crippen LogP contribution in [0, 0.1) is 5.41 Å². The average Bonchev–Trinajstić information content (AvgIpc) is 2.13. The first-order chi connectivity index (χ1) is 5.93. The van der Waals surface area contributed by atoms with E-state index in [9.17, 15) is 10.2 Å². The molecule has 0 aromatic rings. The molecule has 0 heterocycles. The van der Waals surface area contributed by atoms with Gasteiger partial charge in [-0.3, -0.25) is 0 Å². The second-order valence-corrected chi connectivity index (χ2v) is 4.19. The molecule has 0 aromatic carbocycles.